The van der Waals surface area contributed by atoms with Crippen LogP contribution in [0.25, 0.3) is 11.4 Å². The standard InChI is InChI=1S/C26H31N5O/c1-18(2)23-20(4)27-24(21-10-6-5-7-11-21)29-25(23)30-13-15-31(16-14-30)26(32)28-22-12-8-9-19(3)17-22/h5-12,17-18H,13-16H2,1-4H3,(H,28,32). The van der Waals surface area contributed by atoms with Crippen molar-refractivity contribution < 1.29 is 4.79 Å². The van der Waals surface area contributed by atoms with Gasteiger partial charge in [-0.3, -0.25) is 0 Å². The predicted octanol–water partition coefficient (Wildman–Crippen LogP) is 5.24. The lowest BCUT2D eigenvalue weighted by Crippen LogP contribution is -2.50. The Morgan fingerprint density at radius 1 is 0.938 bits per heavy atom. The van der Waals surface area contributed by atoms with Gasteiger partial charge in [0.1, 0.15) is 5.82 Å². The molecule has 6 nitrogen and oxygen atoms in total. The summed E-state index contributed by atoms with van der Waals surface area (Å²) in [5, 5.41) is 3.02. The Morgan fingerprint density at radius 3 is 2.31 bits per heavy atom. The molecule has 1 aliphatic heterocycles. The van der Waals surface area contributed by atoms with Crippen LogP contribution in [0.2, 0.25) is 0 Å². The zero-order valence-electron chi connectivity index (χ0n) is 19.3. The quantitative estimate of drug-likeness (QED) is 0.616. The number of aryl methyl sites for hydroxylation is 2. The van der Waals surface area contributed by atoms with Crippen molar-refractivity contribution in [1.82, 2.24) is 14.9 Å². The lowest BCUT2D eigenvalue weighted by atomic mass is 10.0. The summed E-state index contributed by atoms with van der Waals surface area (Å²) in [7, 11) is 0. The first-order chi connectivity index (χ1) is 15.4. The molecule has 2 amide bonds. The summed E-state index contributed by atoms with van der Waals surface area (Å²) in [5.41, 5.74) is 5.18. The van der Waals surface area contributed by atoms with E-state index in [9.17, 15) is 4.79 Å². The van der Waals surface area contributed by atoms with Gasteiger partial charge in [-0.15, -0.1) is 0 Å². The summed E-state index contributed by atoms with van der Waals surface area (Å²) >= 11 is 0. The van der Waals surface area contributed by atoms with Gasteiger partial charge in [-0.1, -0.05) is 56.3 Å². The van der Waals surface area contributed by atoms with Crippen molar-refractivity contribution in [2.24, 2.45) is 0 Å². The maximum atomic E-state index is 12.8. The molecule has 4 rings (SSSR count). The molecule has 1 fully saturated rings. The molecule has 1 aliphatic rings. The molecule has 0 saturated carbocycles. The van der Waals surface area contributed by atoms with Crippen LogP contribution in [-0.2, 0) is 0 Å². The monoisotopic (exact) mass is 429 g/mol. The van der Waals surface area contributed by atoms with Crippen LogP contribution >= 0.6 is 0 Å². The van der Waals surface area contributed by atoms with E-state index in [1.54, 1.807) is 0 Å². The second kappa shape index (κ2) is 9.39. The summed E-state index contributed by atoms with van der Waals surface area (Å²) in [6.45, 7) is 11.2. The summed E-state index contributed by atoms with van der Waals surface area (Å²) in [6.07, 6.45) is 0. The number of piperazine rings is 1. The highest BCUT2D eigenvalue weighted by Crippen LogP contribution is 2.31. The third-order valence-corrected chi connectivity index (χ3v) is 5.86. The number of amides is 2. The van der Waals surface area contributed by atoms with Crippen molar-refractivity contribution in [1.29, 1.82) is 0 Å². The minimum atomic E-state index is -0.0526. The Bertz CT molecular complexity index is 1090. The van der Waals surface area contributed by atoms with Crippen molar-refractivity contribution in [3.8, 4) is 11.4 Å². The molecule has 1 aromatic heterocycles. The van der Waals surface area contributed by atoms with E-state index in [1.807, 2.05) is 66.4 Å². The number of carbonyl (C=O) groups is 1. The van der Waals surface area contributed by atoms with Gasteiger partial charge in [-0.25, -0.2) is 14.8 Å². The maximum absolute atomic E-state index is 12.8. The number of carbonyl (C=O) groups excluding carboxylic acids is 1. The summed E-state index contributed by atoms with van der Waals surface area (Å²) in [6, 6.07) is 17.9. The Kier molecular flexibility index (Phi) is 6.40. The number of hydrogen-bond donors (Lipinski definition) is 1. The highest BCUT2D eigenvalue weighted by atomic mass is 16.2. The van der Waals surface area contributed by atoms with Gasteiger partial charge >= 0.3 is 6.03 Å². The number of aromatic nitrogens is 2. The smallest absolute Gasteiger partial charge is 0.321 e. The normalized spacial score (nSPS) is 14.0. The van der Waals surface area contributed by atoms with Gasteiger partial charge in [0.15, 0.2) is 5.82 Å². The van der Waals surface area contributed by atoms with Crippen molar-refractivity contribution in [3.05, 3.63) is 71.4 Å². The van der Waals surface area contributed by atoms with Gasteiger partial charge in [0.05, 0.1) is 0 Å². The number of benzene rings is 2. The fraction of sp³-hybridized carbons (Fsp3) is 0.346. The number of hydrogen-bond acceptors (Lipinski definition) is 4. The van der Waals surface area contributed by atoms with Crippen molar-refractivity contribution in [2.75, 3.05) is 36.4 Å². The zero-order chi connectivity index (χ0) is 22.7. The summed E-state index contributed by atoms with van der Waals surface area (Å²) in [5.74, 6) is 2.06. The van der Waals surface area contributed by atoms with Crippen LogP contribution in [0.1, 0.15) is 36.6 Å². The van der Waals surface area contributed by atoms with Gasteiger partial charge in [0.25, 0.3) is 0 Å². The first-order valence-electron chi connectivity index (χ1n) is 11.2. The van der Waals surface area contributed by atoms with Crippen LogP contribution in [0.3, 0.4) is 0 Å². The Morgan fingerprint density at radius 2 is 1.66 bits per heavy atom. The van der Waals surface area contributed by atoms with Crippen LogP contribution in [0.15, 0.2) is 54.6 Å². The average molecular weight is 430 g/mol. The molecule has 2 heterocycles. The largest absolute Gasteiger partial charge is 0.353 e. The topological polar surface area (TPSA) is 61.4 Å². The fourth-order valence-corrected chi connectivity index (χ4v) is 4.25. The van der Waals surface area contributed by atoms with E-state index >= 15 is 0 Å². The average Bonchev–Trinajstić information content (AvgIpc) is 2.79. The first kappa shape index (κ1) is 21.8. The van der Waals surface area contributed by atoms with Gasteiger partial charge in [-0.2, -0.15) is 0 Å². The van der Waals surface area contributed by atoms with Crippen molar-refractivity contribution in [3.63, 3.8) is 0 Å². The van der Waals surface area contributed by atoms with E-state index in [1.165, 1.54) is 5.56 Å². The molecule has 3 aromatic rings. The third kappa shape index (κ3) is 4.74. The van der Waals surface area contributed by atoms with Gasteiger partial charge < -0.3 is 15.1 Å². The minimum Gasteiger partial charge on any atom is -0.353 e. The predicted molar refractivity (Wildman–Crippen MR) is 130 cm³/mol. The van der Waals surface area contributed by atoms with Gasteiger partial charge in [0.2, 0.25) is 0 Å². The Balaban J connectivity index is 1.52. The van der Waals surface area contributed by atoms with Gasteiger partial charge in [-0.05, 0) is 37.5 Å². The molecule has 0 bridgehead atoms. The maximum Gasteiger partial charge on any atom is 0.321 e. The summed E-state index contributed by atoms with van der Waals surface area (Å²) < 4.78 is 0. The molecule has 1 saturated heterocycles. The highest BCUT2D eigenvalue weighted by molar-refractivity contribution is 5.89. The third-order valence-electron chi connectivity index (χ3n) is 5.86. The molecule has 0 aliphatic carbocycles. The number of nitrogens with one attached hydrogen (secondary N) is 1. The molecule has 0 unspecified atom stereocenters. The lowest BCUT2D eigenvalue weighted by Gasteiger charge is -2.37. The second-order valence-electron chi connectivity index (χ2n) is 8.66. The van der Waals surface area contributed by atoms with Crippen molar-refractivity contribution in [2.45, 2.75) is 33.6 Å². The van der Waals surface area contributed by atoms with E-state index in [4.69, 9.17) is 9.97 Å². The molecule has 0 atom stereocenters. The van der Waals surface area contributed by atoms with Gasteiger partial charge in [0, 0.05) is 48.7 Å². The van der Waals surface area contributed by atoms with E-state index in [2.05, 4.69) is 31.0 Å². The van der Waals surface area contributed by atoms with Crippen molar-refractivity contribution >= 4 is 17.5 Å². The van der Waals surface area contributed by atoms with Crippen LogP contribution in [0.4, 0.5) is 16.3 Å². The van der Waals surface area contributed by atoms with Crippen LogP contribution < -0.4 is 10.2 Å². The number of urea groups is 1. The second-order valence-corrected chi connectivity index (χ2v) is 8.66. The molecule has 0 spiro atoms. The molecule has 166 valence electrons. The molecule has 1 N–H and O–H groups in total. The minimum absolute atomic E-state index is 0.0526. The molecular formula is C26H31N5O. The van der Waals surface area contributed by atoms with Crippen LogP contribution in [0, 0.1) is 13.8 Å². The Labute approximate surface area is 190 Å². The summed E-state index contributed by atoms with van der Waals surface area (Å²) in [4.78, 5) is 26.7. The van der Waals surface area contributed by atoms with E-state index in [0.29, 0.717) is 19.0 Å². The molecular weight excluding hydrogens is 398 g/mol. The van der Waals surface area contributed by atoms with Crippen LogP contribution in [0.5, 0.6) is 0 Å². The van der Waals surface area contributed by atoms with E-state index in [0.717, 1.165) is 47.2 Å². The number of nitrogens with zero attached hydrogens (tertiary/aromatic N) is 4. The van der Waals surface area contributed by atoms with E-state index in [-0.39, 0.29) is 6.03 Å². The van der Waals surface area contributed by atoms with E-state index < -0.39 is 0 Å². The SMILES string of the molecule is Cc1cccc(NC(=O)N2CCN(c3nc(-c4ccccc4)nc(C)c3C(C)C)CC2)c1. The molecule has 2 aromatic carbocycles. The highest BCUT2D eigenvalue weighted by Gasteiger charge is 2.26. The number of anilines is 2. The number of rotatable bonds is 4. The lowest BCUT2D eigenvalue weighted by molar-refractivity contribution is 0.208. The molecule has 6 heteroatoms. The zero-order valence-corrected chi connectivity index (χ0v) is 19.3. The Hall–Kier alpha value is -3.41. The fourth-order valence-electron chi connectivity index (χ4n) is 4.25. The molecule has 32 heavy (non-hydrogen) atoms. The first-order valence-corrected chi connectivity index (χ1v) is 11.2. The van der Waals surface area contributed by atoms with Crippen LogP contribution in [-0.4, -0.2) is 47.1 Å². The molecule has 0 radical (unpaired) electrons.